The fourth-order valence-corrected chi connectivity index (χ4v) is 2.51. The van der Waals surface area contributed by atoms with Crippen LogP contribution in [0.3, 0.4) is 0 Å². The highest BCUT2D eigenvalue weighted by Gasteiger charge is 2.27. The third-order valence-electron chi connectivity index (χ3n) is 3.81. The highest BCUT2D eigenvalue weighted by atomic mass is 16.5. The van der Waals surface area contributed by atoms with E-state index in [9.17, 15) is 14.7 Å². The van der Waals surface area contributed by atoms with E-state index in [2.05, 4.69) is 5.32 Å². The van der Waals surface area contributed by atoms with Gasteiger partial charge in [0.2, 0.25) is 11.8 Å². The molecule has 0 aromatic carbocycles. The van der Waals surface area contributed by atoms with Crippen LogP contribution in [0, 0.1) is 11.8 Å². The number of carbonyl (C=O) groups excluding carboxylic acids is 2. The molecule has 1 atom stereocenters. The Kier molecular flexibility index (Phi) is 7.67. The molecule has 2 N–H and O–H groups in total. The van der Waals surface area contributed by atoms with Crippen LogP contribution in [0.1, 0.15) is 33.1 Å². The summed E-state index contributed by atoms with van der Waals surface area (Å²) in [7, 11) is 1.54. The number of carbonyl (C=O) groups is 2. The number of hydrogen-bond donors (Lipinski definition) is 2. The summed E-state index contributed by atoms with van der Waals surface area (Å²) in [5.74, 6) is 0.172. The minimum Gasteiger partial charge on any atom is -0.391 e. The first kappa shape index (κ1) is 17.9. The second-order valence-corrected chi connectivity index (χ2v) is 5.94. The van der Waals surface area contributed by atoms with Crippen LogP contribution >= 0.6 is 0 Å². The van der Waals surface area contributed by atoms with E-state index in [1.54, 1.807) is 0 Å². The lowest BCUT2D eigenvalue weighted by atomic mass is 9.95. The summed E-state index contributed by atoms with van der Waals surface area (Å²) in [6.45, 7) is 5.84. The number of nitrogens with zero attached hydrogens (tertiary/aromatic N) is 1. The lowest BCUT2D eigenvalue weighted by Crippen LogP contribution is -2.44. The fraction of sp³-hybridized carbons (Fsp3) is 0.867. The molecule has 1 fully saturated rings. The molecular formula is C15H28N2O4. The second kappa shape index (κ2) is 9.00. The van der Waals surface area contributed by atoms with E-state index in [-0.39, 0.29) is 30.3 Å². The number of likely N-dealkylation sites (tertiary alicyclic amines) is 1. The van der Waals surface area contributed by atoms with E-state index < -0.39 is 6.10 Å². The summed E-state index contributed by atoms with van der Waals surface area (Å²) in [6.07, 6.45) is 1.38. The average Bonchev–Trinajstić information content (AvgIpc) is 2.46. The molecule has 0 aliphatic carbocycles. The smallest absolute Gasteiger partial charge is 0.225 e. The molecule has 0 aromatic heterocycles. The molecular weight excluding hydrogens is 272 g/mol. The minimum atomic E-state index is -0.541. The highest BCUT2D eigenvalue weighted by molar-refractivity contribution is 5.80. The van der Waals surface area contributed by atoms with Crippen molar-refractivity contribution >= 4 is 11.8 Å². The number of ether oxygens (including phenoxy) is 1. The molecule has 2 amide bonds. The third kappa shape index (κ3) is 6.01. The number of aliphatic hydroxyl groups excluding tert-OH is 1. The summed E-state index contributed by atoms with van der Waals surface area (Å²) in [5.41, 5.74) is 0. The van der Waals surface area contributed by atoms with Gasteiger partial charge in [0.1, 0.15) is 0 Å². The van der Waals surface area contributed by atoms with Crippen LogP contribution in [0.25, 0.3) is 0 Å². The molecule has 21 heavy (non-hydrogen) atoms. The maximum Gasteiger partial charge on any atom is 0.225 e. The van der Waals surface area contributed by atoms with Gasteiger partial charge in [0.25, 0.3) is 0 Å². The fourth-order valence-electron chi connectivity index (χ4n) is 2.51. The lowest BCUT2D eigenvalue weighted by Gasteiger charge is -2.32. The van der Waals surface area contributed by atoms with Gasteiger partial charge in [-0.1, -0.05) is 13.8 Å². The minimum absolute atomic E-state index is 0.0117. The van der Waals surface area contributed by atoms with Crippen molar-refractivity contribution < 1.29 is 19.4 Å². The number of aliphatic hydroxyl groups is 1. The molecule has 0 radical (unpaired) electrons. The Balaban J connectivity index is 2.24. The number of rotatable bonds is 7. The molecule has 0 spiro atoms. The monoisotopic (exact) mass is 300 g/mol. The van der Waals surface area contributed by atoms with Crippen molar-refractivity contribution in [1.29, 1.82) is 0 Å². The Morgan fingerprint density at radius 2 is 1.95 bits per heavy atom. The molecule has 6 nitrogen and oxygen atoms in total. The van der Waals surface area contributed by atoms with Crippen LogP contribution < -0.4 is 5.32 Å². The van der Waals surface area contributed by atoms with Crippen molar-refractivity contribution in [2.75, 3.05) is 33.4 Å². The molecule has 1 rings (SSSR count). The first-order valence-electron chi connectivity index (χ1n) is 7.69. The van der Waals surface area contributed by atoms with Crippen molar-refractivity contribution in [3.05, 3.63) is 0 Å². The topological polar surface area (TPSA) is 78.9 Å². The maximum atomic E-state index is 12.0. The van der Waals surface area contributed by atoms with Crippen LogP contribution in [-0.4, -0.2) is 61.3 Å². The van der Waals surface area contributed by atoms with Crippen molar-refractivity contribution in [3.63, 3.8) is 0 Å². The van der Waals surface area contributed by atoms with Crippen LogP contribution in [0.15, 0.2) is 0 Å². The average molecular weight is 300 g/mol. The number of amides is 2. The molecule has 0 saturated carbocycles. The van der Waals surface area contributed by atoms with Gasteiger partial charge in [-0.05, 0) is 19.3 Å². The zero-order valence-electron chi connectivity index (χ0n) is 13.3. The van der Waals surface area contributed by atoms with E-state index >= 15 is 0 Å². The summed E-state index contributed by atoms with van der Waals surface area (Å²) in [4.78, 5) is 25.7. The van der Waals surface area contributed by atoms with Crippen LogP contribution in [0.4, 0.5) is 0 Å². The van der Waals surface area contributed by atoms with Gasteiger partial charge in [-0.15, -0.1) is 0 Å². The number of nitrogens with one attached hydrogen (secondary N) is 1. The number of hydrogen-bond acceptors (Lipinski definition) is 4. The van der Waals surface area contributed by atoms with E-state index in [4.69, 9.17) is 4.74 Å². The molecule has 6 heteroatoms. The zero-order valence-corrected chi connectivity index (χ0v) is 13.3. The highest BCUT2D eigenvalue weighted by Crippen LogP contribution is 2.18. The molecule has 0 aromatic rings. The van der Waals surface area contributed by atoms with Gasteiger partial charge in [-0.2, -0.15) is 0 Å². The first-order valence-corrected chi connectivity index (χ1v) is 7.69. The molecule has 1 saturated heterocycles. The van der Waals surface area contributed by atoms with E-state index in [0.717, 1.165) is 0 Å². The van der Waals surface area contributed by atoms with Crippen LogP contribution in [0.5, 0.6) is 0 Å². The molecule has 1 heterocycles. The Bertz CT molecular complexity index is 339. The van der Waals surface area contributed by atoms with E-state index in [0.29, 0.717) is 38.9 Å². The zero-order chi connectivity index (χ0) is 15.8. The summed E-state index contributed by atoms with van der Waals surface area (Å²) >= 11 is 0. The Morgan fingerprint density at radius 1 is 1.33 bits per heavy atom. The SMILES string of the molecule is COCC(O)CCNC(=O)C1CCN(C(=O)C(C)C)CC1. The lowest BCUT2D eigenvalue weighted by molar-refractivity contribution is -0.138. The summed E-state index contributed by atoms with van der Waals surface area (Å²) in [6, 6.07) is 0. The van der Waals surface area contributed by atoms with Gasteiger partial charge in [0.05, 0.1) is 12.7 Å². The van der Waals surface area contributed by atoms with Gasteiger partial charge in [0.15, 0.2) is 0 Å². The van der Waals surface area contributed by atoms with E-state index in [1.165, 1.54) is 7.11 Å². The summed E-state index contributed by atoms with van der Waals surface area (Å²) < 4.78 is 4.83. The van der Waals surface area contributed by atoms with Gasteiger partial charge in [-0.3, -0.25) is 9.59 Å². The van der Waals surface area contributed by atoms with Crippen LogP contribution in [0.2, 0.25) is 0 Å². The van der Waals surface area contributed by atoms with Crippen LogP contribution in [-0.2, 0) is 14.3 Å². The normalized spacial score (nSPS) is 17.9. The third-order valence-corrected chi connectivity index (χ3v) is 3.81. The van der Waals surface area contributed by atoms with Crippen molar-refractivity contribution in [2.45, 2.75) is 39.2 Å². The Morgan fingerprint density at radius 3 is 2.48 bits per heavy atom. The predicted molar refractivity (Wildman–Crippen MR) is 79.7 cm³/mol. The number of piperidine rings is 1. The quantitative estimate of drug-likeness (QED) is 0.713. The summed E-state index contributed by atoms with van der Waals surface area (Å²) in [5, 5.41) is 12.4. The first-order chi connectivity index (χ1) is 9.95. The van der Waals surface area contributed by atoms with Crippen molar-refractivity contribution in [1.82, 2.24) is 10.2 Å². The molecule has 0 bridgehead atoms. The molecule has 1 unspecified atom stereocenters. The Hall–Kier alpha value is -1.14. The standard InChI is InChI=1S/C15H28N2O4/c1-11(2)15(20)17-8-5-12(6-9-17)14(19)16-7-4-13(18)10-21-3/h11-13,18H,4-10H2,1-3H3,(H,16,19). The van der Waals surface area contributed by atoms with Gasteiger partial charge >= 0.3 is 0 Å². The van der Waals surface area contributed by atoms with E-state index in [1.807, 2.05) is 18.7 Å². The van der Waals surface area contributed by atoms with Crippen molar-refractivity contribution in [3.8, 4) is 0 Å². The number of methoxy groups -OCH3 is 1. The van der Waals surface area contributed by atoms with Gasteiger partial charge in [-0.25, -0.2) is 0 Å². The molecule has 122 valence electrons. The molecule has 1 aliphatic rings. The Labute approximate surface area is 126 Å². The van der Waals surface area contributed by atoms with Gasteiger partial charge < -0.3 is 20.1 Å². The largest absolute Gasteiger partial charge is 0.391 e. The predicted octanol–water partition coefficient (Wildman–Crippen LogP) is 0.395. The second-order valence-electron chi connectivity index (χ2n) is 5.94. The molecule has 1 aliphatic heterocycles. The maximum absolute atomic E-state index is 12.0. The van der Waals surface area contributed by atoms with Crippen molar-refractivity contribution in [2.24, 2.45) is 11.8 Å². The van der Waals surface area contributed by atoms with Gasteiger partial charge in [0, 0.05) is 38.6 Å².